The van der Waals surface area contributed by atoms with Crippen LogP contribution in [0.5, 0.6) is 11.5 Å². The number of carbonyl (C=O) groups excluding carboxylic acids is 1. The molecule has 7 nitrogen and oxygen atoms in total. The molecule has 0 atom stereocenters. The van der Waals surface area contributed by atoms with Crippen LogP contribution in [0.25, 0.3) is 0 Å². The fourth-order valence-electron chi connectivity index (χ4n) is 3.16. The molecule has 0 aliphatic carbocycles. The minimum Gasteiger partial charge on any atom is -0.493 e. The number of hydrogen-bond donors (Lipinski definition) is 1. The van der Waals surface area contributed by atoms with Gasteiger partial charge < -0.3 is 24.4 Å². The molecule has 27 heavy (non-hydrogen) atoms. The van der Waals surface area contributed by atoms with Crippen molar-refractivity contribution < 1.29 is 19.0 Å². The molecule has 1 aromatic carbocycles. The lowest BCUT2D eigenvalue weighted by molar-refractivity contribution is -0.149. The van der Waals surface area contributed by atoms with E-state index in [9.17, 15) is 4.79 Å². The lowest BCUT2D eigenvalue weighted by atomic mass is 9.97. The number of benzene rings is 1. The van der Waals surface area contributed by atoms with Crippen molar-refractivity contribution in [1.29, 1.82) is 0 Å². The number of likely N-dealkylation sites (tertiary alicyclic amines) is 1. The summed E-state index contributed by atoms with van der Waals surface area (Å²) in [7, 11) is 3.25. The van der Waals surface area contributed by atoms with E-state index in [0.29, 0.717) is 24.7 Å². The van der Waals surface area contributed by atoms with E-state index < -0.39 is 0 Å². The maximum absolute atomic E-state index is 11.9. The highest BCUT2D eigenvalue weighted by molar-refractivity contribution is 5.80. The van der Waals surface area contributed by atoms with E-state index in [0.717, 1.165) is 44.0 Å². The molecular formula is C20H31N3O4. The summed E-state index contributed by atoms with van der Waals surface area (Å²) in [5.74, 6) is 2.19. The number of methoxy groups -OCH3 is 2. The number of nitrogens with zero attached hydrogens (tertiary/aromatic N) is 2. The van der Waals surface area contributed by atoms with Crippen LogP contribution in [-0.4, -0.2) is 57.3 Å². The highest BCUT2D eigenvalue weighted by Crippen LogP contribution is 2.28. The molecule has 2 rings (SSSR count). The number of guanidine groups is 1. The second-order valence-corrected chi connectivity index (χ2v) is 6.37. The fourth-order valence-corrected chi connectivity index (χ4v) is 3.16. The first kappa shape index (κ1) is 20.9. The maximum Gasteiger partial charge on any atom is 0.309 e. The Balaban J connectivity index is 2.01. The molecule has 0 amide bonds. The van der Waals surface area contributed by atoms with Crippen LogP contribution in [0.3, 0.4) is 0 Å². The second kappa shape index (κ2) is 10.6. The third-order valence-electron chi connectivity index (χ3n) is 4.61. The third-order valence-corrected chi connectivity index (χ3v) is 4.61. The van der Waals surface area contributed by atoms with Gasteiger partial charge in [-0.15, -0.1) is 0 Å². The Morgan fingerprint density at radius 3 is 2.48 bits per heavy atom. The van der Waals surface area contributed by atoms with Crippen LogP contribution < -0.4 is 14.8 Å². The Labute approximate surface area is 161 Å². The van der Waals surface area contributed by atoms with E-state index in [1.54, 1.807) is 14.2 Å². The van der Waals surface area contributed by atoms with E-state index in [-0.39, 0.29) is 11.9 Å². The number of aliphatic imine (C=N–C) groups is 1. The summed E-state index contributed by atoms with van der Waals surface area (Å²) in [5, 5.41) is 3.35. The molecule has 7 heteroatoms. The highest BCUT2D eigenvalue weighted by atomic mass is 16.5. The molecule has 1 aliphatic rings. The first-order valence-electron chi connectivity index (χ1n) is 9.53. The normalized spacial score (nSPS) is 15.4. The molecule has 1 aromatic rings. The average Bonchev–Trinajstić information content (AvgIpc) is 2.71. The number of hydrogen-bond acceptors (Lipinski definition) is 5. The maximum atomic E-state index is 11.9. The van der Waals surface area contributed by atoms with Gasteiger partial charge in [-0.1, -0.05) is 6.07 Å². The number of piperidine rings is 1. The largest absolute Gasteiger partial charge is 0.493 e. The van der Waals surface area contributed by atoms with Gasteiger partial charge in [-0.25, -0.2) is 4.99 Å². The number of rotatable bonds is 7. The summed E-state index contributed by atoms with van der Waals surface area (Å²) in [4.78, 5) is 18.9. The summed E-state index contributed by atoms with van der Waals surface area (Å²) < 4.78 is 15.8. The van der Waals surface area contributed by atoms with Crippen molar-refractivity contribution >= 4 is 11.9 Å². The van der Waals surface area contributed by atoms with Crippen molar-refractivity contribution in [1.82, 2.24) is 10.2 Å². The van der Waals surface area contributed by atoms with Crippen LogP contribution in [0.2, 0.25) is 0 Å². The average molecular weight is 377 g/mol. The topological polar surface area (TPSA) is 72.4 Å². The fraction of sp³-hybridized carbons (Fsp3) is 0.600. The van der Waals surface area contributed by atoms with Crippen LogP contribution in [0.4, 0.5) is 0 Å². The molecule has 0 unspecified atom stereocenters. The minimum atomic E-state index is -0.0792. The van der Waals surface area contributed by atoms with Gasteiger partial charge in [0.1, 0.15) is 0 Å². The van der Waals surface area contributed by atoms with Gasteiger partial charge in [0.25, 0.3) is 0 Å². The molecular weight excluding hydrogens is 346 g/mol. The molecule has 1 fully saturated rings. The summed E-state index contributed by atoms with van der Waals surface area (Å²) in [6.45, 7) is 7.26. The molecule has 0 bridgehead atoms. The highest BCUT2D eigenvalue weighted by Gasteiger charge is 2.27. The Morgan fingerprint density at radius 1 is 1.19 bits per heavy atom. The first-order valence-corrected chi connectivity index (χ1v) is 9.53. The van der Waals surface area contributed by atoms with Crippen LogP contribution in [0.1, 0.15) is 32.3 Å². The van der Waals surface area contributed by atoms with Gasteiger partial charge in [-0.3, -0.25) is 4.79 Å². The molecule has 1 heterocycles. The van der Waals surface area contributed by atoms with E-state index >= 15 is 0 Å². The molecule has 1 saturated heterocycles. The molecule has 1 aliphatic heterocycles. The summed E-state index contributed by atoms with van der Waals surface area (Å²) in [6.07, 6.45) is 1.58. The molecule has 150 valence electrons. The zero-order valence-electron chi connectivity index (χ0n) is 16.8. The summed E-state index contributed by atoms with van der Waals surface area (Å²) >= 11 is 0. The summed E-state index contributed by atoms with van der Waals surface area (Å²) in [6, 6.07) is 5.82. The Hall–Kier alpha value is -2.44. The van der Waals surface area contributed by atoms with Gasteiger partial charge >= 0.3 is 5.97 Å². The Kier molecular flexibility index (Phi) is 8.23. The molecule has 0 saturated carbocycles. The monoisotopic (exact) mass is 377 g/mol. The second-order valence-electron chi connectivity index (χ2n) is 6.37. The van der Waals surface area contributed by atoms with Crippen LogP contribution >= 0.6 is 0 Å². The molecule has 0 radical (unpaired) electrons. The minimum absolute atomic E-state index is 0.00470. The smallest absolute Gasteiger partial charge is 0.309 e. The predicted octanol–water partition coefficient (Wildman–Crippen LogP) is 2.44. The van der Waals surface area contributed by atoms with Crippen molar-refractivity contribution in [2.75, 3.05) is 40.5 Å². The van der Waals surface area contributed by atoms with E-state index in [1.165, 1.54) is 0 Å². The number of nitrogens with one attached hydrogen (secondary N) is 1. The zero-order valence-corrected chi connectivity index (χ0v) is 16.8. The number of carbonyl (C=O) groups is 1. The van der Waals surface area contributed by atoms with Crippen LogP contribution in [0, 0.1) is 5.92 Å². The van der Waals surface area contributed by atoms with Gasteiger partial charge in [0.15, 0.2) is 17.5 Å². The Bertz CT molecular complexity index is 640. The third kappa shape index (κ3) is 5.77. The van der Waals surface area contributed by atoms with Gasteiger partial charge in [0, 0.05) is 19.6 Å². The number of ether oxygens (including phenoxy) is 3. The predicted molar refractivity (Wildman–Crippen MR) is 105 cm³/mol. The van der Waals surface area contributed by atoms with Crippen molar-refractivity contribution in [2.24, 2.45) is 10.9 Å². The van der Waals surface area contributed by atoms with E-state index in [4.69, 9.17) is 19.2 Å². The van der Waals surface area contributed by atoms with Crippen molar-refractivity contribution in [2.45, 2.75) is 33.2 Å². The summed E-state index contributed by atoms with van der Waals surface area (Å²) in [5.41, 5.74) is 1.05. The van der Waals surface area contributed by atoms with Gasteiger partial charge in [0.05, 0.1) is 33.3 Å². The standard InChI is InChI=1S/C20H31N3O4/c1-5-21-20(23-11-9-16(10-12-23)19(24)27-6-2)22-14-15-7-8-17(25-3)18(13-15)26-4/h7-8,13,16H,5-6,9-12,14H2,1-4H3,(H,21,22). The van der Waals surface area contributed by atoms with E-state index in [1.807, 2.05) is 25.1 Å². The number of esters is 1. The van der Waals surface area contributed by atoms with Gasteiger partial charge in [-0.2, -0.15) is 0 Å². The van der Waals surface area contributed by atoms with Gasteiger partial charge in [-0.05, 0) is 44.4 Å². The van der Waals surface area contributed by atoms with Crippen molar-refractivity contribution in [3.05, 3.63) is 23.8 Å². The lowest BCUT2D eigenvalue weighted by Crippen LogP contribution is -2.46. The molecule has 0 spiro atoms. The SMILES string of the molecule is CCNC(=NCc1ccc(OC)c(OC)c1)N1CCC(C(=O)OCC)CC1. The van der Waals surface area contributed by atoms with Crippen LogP contribution in [-0.2, 0) is 16.1 Å². The molecule has 1 N–H and O–H groups in total. The van der Waals surface area contributed by atoms with Crippen molar-refractivity contribution in [3.8, 4) is 11.5 Å². The molecule has 0 aromatic heterocycles. The quantitative estimate of drug-likeness (QED) is 0.447. The van der Waals surface area contributed by atoms with E-state index in [2.05, 4.69) is 17.1 Å². The first-order chi connectivity index (χ1) is 13.1. The van der Waals surface area contributed by atoms with Crippen molar-refractivity contribution in [3.63, 3.8) is 0 Å². The van der Waals surface area contributed by atoms with Gasteiger partial charge in [0.2, 0.25) is 0 Å². The zero-order chi connectivity index (χ0) is 19.6. The van der Waals surface area contributed by atoms with Crippen LogP contribution in [0.15, 0.2) is 23.2 Å². The lowest BCUT2D eigenvalue weighted by Gasteiger charge is -2.33. The Morgan fingerprint density at radius 2 is 1.89 bits per heavy atom.